The van der Waals surface area contributed by atoms with Crippen LogP contribution in [-0.2, 0) is 6.54 Å². The Morgan fingerprint density at radius 1 is 1.42 bits per heavy atom. The molecule has 0 spiro atoms. The van der Waals surface area contributed by atoms with Crippen LogP contribution in [0.25, 0.3) is 0 Å². The minimum atomic E-state index is -0.432. The van der Waals surface area contributed by atoms with E-state index in [1.54, 1.807) is 17.4 Å². The Hall–Kier alpha value is -2.06. The molecular weight excluding hydrogens is 326 g/mol. The number of rotatable bonds is 5. The monoisotopic (exact) mass is 347 g/mol. The zero-order valence-electron chi connectivity index (χ0n) is 13.8. The number of thiazole rings is 1. The largest absolute Gasteiger partial charge is 0.367 e. The maximum absolute atomic E-state index is 10.7. The van der Waals surface area contributed by atoms with Crippen molar-refractivity contribution in [3.8, 4) is 0 Å². The van der Waals surface area contributed by atoms with E-state index in [0.29, 0.717) is 17.8 Å². The van der Waals surface area contributed by atoms with Gasteiger partial charge in [0.25, 0.3) is 5.69 Å². The lowest BCUT2D eigenvalue weighted by molar-refractivity contribution is -0.385. The number of aromatic nitrogens is 2. The summed E-state index contributed by atoms with van der Waals surface area (Å²) in [5, 5.41) is 15.2. The molecular formula is C16H21N5O2S. The molecule has 0 aliphatic carbocycles. The minimum absolute atomic E-state index is 0.0169. The second-order valence-corrected chi connectivity index (χ2v) is 7.58. The summed E-state index contributed by atoms with van der Waals surface area (Å²) in [7, 11) is 0. The summed E-state index contributed by atoms with van der Waals surface area (Å²) >= 11 is 1.76. The highest BCUT2D eigenvalue weighted by molar-refractivity contribution is 7.11. The fraction of sp³-hybridized carbons (Fsp3) is 0.500. The van der Waals surface area contributed by atoms with E-state index in [-0.39, 0.29) is 5.69 Å². The van der Waals surface area contributed by atoms with Crippen LogP contribution in [-0.4, -0.2) is 38.9 Å². The maximum atomic E-state index is 10.7. The van der Waals surface area contributed by atoms with Crippen LogP contribution in [0, 0.1) is 23.0 Å². The second kappa shape index (κ2) is 7.23. The van der Waals surface area contributed by atoms with Crippen molar-refractivity contribution in [2.24, 2.45) is 5.92 Å². The van der Waals surface area contributed by atoms with E-state index in [4.69, 9.17) is 0 Å². The molecule has 1 aliphatic heterocycles. The summed E-state index contributed by atoms with van der Waals surface area (Å²) in [4.78, 5) is 22.5. The number of likely N-dealkylation sites (tertiary alicyclic amines) is 1. The van der Waals surface area contributed by atoms with Crippen molar-refractivity contribution >= 4 is 22.8 Å². The second-order valence-electron chi connectivity index (χ2n) is 6.26. The van der Waals surface area contributed by atoms with Gasteiger partial charge in [-0.1, -0.05) is 6.92 Å². The number of hydrogen-bond donors (Lipinski definition) is 1. The summed E-state index contributed by atoms with van der Waals surface area (Å²) in [6.07, 6.45) is 4.29. The smallest absolute Gasteiger partial charge is 0.287 e. The number of anilines is 1. The van der Waals surface area contributed by atoms with Crippen molar-refractivity contribution in [1.29, 1.82) is 0 Å². The molecule has 2 aromatic heterocycles. The summed E-state index contributed by atoms with van der Waals surface area (Å²) < 4.78 is 0. The predicted molar refractivity (Wildman–Crippen MR) is 94.2 cm³/mol. The van der Waals surface area contributed by atoms with Gasteiger partial charge < -0.3 is 5.32 Å². The Morgan fingerprint density at radius 2 is 2.25 bits per heavy atom. The lowest BCUT2D eigenvalue weighted by atomic mass is 9.94. The predicted octanol–water partition coefficient (Wildman–Crippen LogP) is 3.08. The first-order valence-electron chi connectivity index (χ1n) is 8.02. The number of nitrogens with one attached hydrogen (secondary N) is 1. The van der Waals surface area contributed by atoms with Gasteiger partial charge in [-0.25, -0.2) is 9.97 Å². The van der Waals surface area contributed by atoms with Gasteiger partial charge in [-0.05, 0) is 25.3 Å². The molecule has 128 valence electrons. The third-order valence-electron chi connectivity index (χ3n) is 4.33. The lowest BCUT2D eigenvalue weighted by Gasteiger charge is -2.37. The fourth-order valence-corrected chi connectivity index (χ4v) is 3.90. The standard InChI is InChI=1S/C16H21N5O2S/c1-11-9-20(10-14-8-17-12(2)24-14)6-5-15(11)19-16-4-3-13(7-18-16)21(22)23/h3-4,7-8,11,15H,5-6,9-10H2,1-2H3,(H,18,19)/t11-,15+/m1/s1. The first kappa shape index (κ1) is 16.8. The molecule has 7 nitrogen and oxygen atoms in total. The summed E-state index contributed by atoms with van der Waals surface area (Å²) in [5.74, 6) is 1.17. The first-order valence-corrected chi connectivity index (χ1v) is 8.83. The van der Waals surface area contributed by atoms with E-state index >= 15 is 0 Å². The zero-order chi connectivity index (χ0) is 17.1. The molecule has 1 fully saturated rings. The average Bonchev–Trinajstić information content (AvgIpc) is 2.95. The molecule has 1 saturated heterocycles. The number of aryl methyl sites for hydroxylation is 1. The van der Waals surface area contributed by atoms with Crippen LogP contribution in [0.15, 0.2) is 24.5 Å². The number of piperidine rings is 1. The molecule has 0 bridgehead atoms. The molecule has 2 atom stereocenters. The third kappa shape index (κ3) is 4.07. The lowest BCUT2D eigenvalue weighted by Crippen LogP contribution is -2.44. The number of pyridine rings is 1. The summed E-state index contributed by atoms with van der Waals surface area (Å²) in [6, 6.07) is 3.50. The molecule has 1 N–H and O–H groups in total. The van der Waals surface area contributed by atoms with Crippen LogP contribution in [0.5, 0.6) is 0 Å². The molecule has 1 aliphatic rings. The average molecular weight is 347 g/mol. The van der Waals surface area contributed by atoms with Crippen LogP contribution in [0.1, 0.15) is 23.2 Å². The molecule has 0 saturated carbocycles. The van der Waals surface area contributed by atoms with Crippen LogP contribution in [0.4, 0.5) is 11.5 Å². The van der Waals surface area contributed by atoms with Gasteiger partial charge in [0.05, 0.1) is 9.93 Å². The fourth-order valence-electron chi connectivity index (χ4n) is 3.06. The quantitative estimate of drug-likeness (QED) is 0.661. The third-order valence-corrected chi connectivity index (χ3v) is 5.23. The molecule has 0 amide bonds. The molecule has 0 aromatic carbocycles. The highest BCUT2D eigenvalue weighted by Crippen LogP contribution is 2.24. The Kier molecular flexibility index (Phi) is 5.06. The van der Waals surface area contributed by atoms with Gasteiger partial charge in [0.15, 0.2) is 0 Å². The van der Waals surface area contributed by atoms with E-state index in [1.165, 1.54) is 17.1 Å². The maximum Gasteiger partial charge on any atom is 0.287 e. The Balaban J connectivity index is 1.54. The highest BCUT2D eigenvalue weighted by Gasteiger charge is 2.26. The van der Waals surface area contributed by atoms with Crippen molar-refractivity contribution < 1.29 is 4.92 Å². The minimum Gasteiger partial charge on any atom is -0.367 e. The van der Waals surface area contributed by atoms with Gasteiger partial charge in [-0.3, -0.25) is 15.0 Å². The zero-order valence-corrected chi connectivity index (χ0v) is 14.6. The van der Waals surface area contributed by atoms with E-state index < -0.39 is 4.92 Å². The van der Waals surface area contributed by atoms with E-state index in [9.17, 15) is 10.1 Å². The normalized spacial score (nSPS) is 21.6. The molecule has 24 heavy (non-hydrogen) atoms. The van der Waals surface area contributed by atoms with Gasteiger partial charge in [-0.15, -0.1) is 11.3 Å². The van der Waals surface area contributed by atoms with Crippen molar-refractivity contribution in [2.75, 3.05) is 18.4 Å². The van der Waals surface area contributed by atoms with Gasteiger partial charge in [0.1, 0.15) is 12.0 Å². The van der Waals surface area contributed by atoms with Gasteiger partial charge >= 0.3 is 0 Å². The van der Waals surface area contributed by atoms with Crippen LogP contribution in [0.2, 0.25) is 0 Å². The van der Waals surface area contributed by atoms with Gasteiger partial charge in [-0.2, -0.15) is 0 Å². The van der Waals surface area contributed by atoms with Crippen LogP contribution in [0.3, 0.4) is 0 Å². The van der Waals surface area contributed by atoms with Gasteiger partial charge in [0.2, 0.25) is 0 Å². The van der Waals surface area contributed by atoms with Crippen molar-refractivity contribution in [3.63, 3.8) is 0 Å². The molecule has 2 aromatic rings. The first-order chi connectivity index (χ1) is 11.5. The topological polar surface area (TPSA) is 84.2 Å². The number of nitrogens with zero attached hydrogens (tertiary/aromatic N) is 4. The summed E-state index contributed by atoms with van der Waals surface area (Å²) in [6.45, 7) is 7.25. The molecule has 3 rings (SSSR count). The van der Waals surface area contributed by atoms with E-state index in [2.05, 4.69) is 27.1 Å². The summed E-state index contributed by atoms with van der Waals surface area (Å²) in [5.41, 5.74) is 0.0169. The number of hydrogen-bond acceptors (Lipinski definition) is 7. The SMILES string of the molecule is Cc1ncc(CN2CC[C@H](Nc3ccc([N+](=O)[O-])cn3)[C@H](C)C2)s1. The number of nitro groups is 1. The molecule has 0 unspecified atom stereocenters. The van der Waals surface area contributed by atoms with Gasteiger partial charge in [0, 0.05) is 42.8 Å². The Morgan fingerprint density at radius 3 is 2.83 bits per heavy atom. The Labute approximate surface area is 144 Å². The molecule has 0 radical (unpaired) electrons. The van der Waals surface area contributed by atoms with Crippen molar-refractivity contribution in [1.82, 2.24) is 14.9 Å². The van der Waals surface area contributed by atoms with E-state index in [1.807, 2.05) is 13.1 Å². The van der Waals surface area contributed by atoms with Crippen LogP contribution >= 0.6 is 11.3 Å². The van der Waals surface area contributed by atoms with Crippen molar-refractivity contribution in [2.45, 2.75) is 32.9 Å². The molecule has 8 heteroatoms. The Bertz CT molecular complexity index is 703. The highest BCUT2D eigenvalue weighted by atomic mass is 32.1. The molecule has 3 heterocycles. The van der Waals surface area contributed by atoms with Crippen LogP contribution < -0.4 is 5.32 Å². The van der Waals surface area contributed by atoms with Crippen molar-refractivity contribution in [3.05, 3.63) is 44.5 Å². The van der Waals surface area contributed by atoms with E-state index in [0.717, 1.165) is 31.1 Å².